The fourth-order valence-electron chi connectivity index (χ4n) is 21.2. The number of rotatable bonds is 7. The lowest BCUT2D eigenvalue weighted by Crippen LogP contribution is -2.14. The van der Waals surface area contributed by atoms with E-state index in [0.717, 1.165) is 0 Å². The molecule has 0 N–H and O–H groups in total. The second-order valence-electron chi connectivity index (χ2n) is 33.6. The molecular formula is C117H75N5S3. The average molecular weight is 1650 g/mol. The zero-order valence-electron chi connectivity index (χ0n) is 68.3. The average Bonchev–Trinajstić information content (AvgIpc) is 1.58. The predicted molar refractivity (Wildman–Crippen MR) is 538 cm³/mol. The summed E-state index contributed by atoms with van der Waals surface area (Å²) in [5, 5.41) is 20.9. The summed E-state index contributed by atoms with van der Waals surface area (Å²) in [5.41, 5.74) is 29.0. The SMILES string of the molecule is CC1(C)c2ccccc2-c2c(-c3ccc(-n4c5ccccc5c5ccc6c7ccccc7sc6c54)cc3)cccc21.c1ccc(-n2c3ccccc3c3c(-c4cccc(-n5c6ccccc6c6ccc7c8ccccc8sc7c65)c4)cccc32)cc1.c1ccc2c(c1)sc1c2ccc2c3ccccc3n(-c3ccc(-n4c5ccccc5c5ccccc54)cc3)c21. The molecule has 0 spiro atoms. The van der Waals surface area contributed by atoms with E-state index in [1.165, 1.54) is 242 Å². The first kappa shape index (κ1) is 71.6. The number of thiophene rings is 3. The molecule has 0 saturated carbocycles. The largest absolute Gasteiger partial charge is 0.309 e. The Morgan fingerprint density at radius 2 is 0.504 bits per heavy atom. The van der Waals surface area contributed by atoms with E-state index in [0.29, 0.717) is 0 Å². The molecule has 1 aliphatic carbocycles. The normalized spacial score (nSPS) is 12.6. The highest BCUT2D eigenvalue weighted by Crippen LogP contribution is 2.54. The Kier molecular flexibility index (Phi) is 16.0. The molecule has 8 heteroatoms. The van der Waals surface area contributed by atoms with Crippen molar-refractivity contribution in [1.29, 1.82) is 0 Å². The zero-order valence-corrected chi connectivity index (χ0v) is 70.7. The summed E-state index contributed by atoms with van der Waals surface area (Å²) >= 11 is 5.69. The molecule has 8 heterocycles. The van der Waals surface area contributed by atoms with E-state index < -0.39 is 0 Å². The van der Waals surface area contributed by atoms with Crippen molar-refractivity contribution in [3.63, 3.8) is 0 Å². The molecule has 1 aliphatic rings. The van der Waals surface area contributed by atoms with Gasteiger partial charge in [0.2, 0.25) is 0 Å². The van der Waals surface area contributed by atoms with Crippen LogP contribution in [0.1, 0.15) is 25.0 Å². The van der Waals surface area contributed by atoms with Gasteiger partial charge in [-0.25, -0.2) is 0 Å². The van der Waals surface area contributed by atoms with E-state index >= 15 is 0 Å². The molecule has 5 nitrogen and oxygen atoms in total. The quantitative estimate of drug-likeness (QED) is 0.152. The van der Waals surface area contributed by atoms with Gasteiger partial charge in [0.25, 0.3) is 0 Å². The second-order valence-corrected chi connectivity index (χ2v) is 36.8. The molecule has 0 radical (unpaired) electrons. The van der Waals surface area contributed by atoms with Crippen molar-refractivity contribution < 1.29 is 0 Å². The second kappa shape index (κ2) is 27.9. The molecule has 0 bridgehead atoms. The molecule has 586 valence electrons. The van der Waals surface area contributed by atoms with Crippen molar-refractivity contribution in [2.45, 2.75) is 19.3 Å². The first-order valence-corrected chi connectivity index (χ1v) is 45.4. The van der Waals surface area contributed by atoms with Gasteiger partial charge in [0.05, 0.1) is 69.3 Å². The van der Waals surface area contributed by atoms with Crippen LogP contribution in [0.4, 0.5) is 0 Å². The van der Waals surface area contributed by atoms with Crippen molar-refractivity contribution in [2.24, 2.45) is 0 Å². The smallest absolute Gasteiger partial charge is 0.0719 e. The van der Waals surface area contributed by atoms with Crippen molar-refractivity contribution >= 4 is 204 Å². The highest BCUT2D eigenvalue weighted by Gasteiger charge is 2.37. The number of benzene rings is 19. The Morgan fingerprint density at radius 3 is 1.00 bits per heavy atom. The van der Waals surface area contributed by atoms with Gasteiger partial charge in [-0.2, -0.15) is 0 Å². The van der Waals surface area contributed by atoms with Crippen molar-refractivity contribution in [1.82, 2.24) is 22.8 Å². The molecule has 0 unspecified atom stereocenters. The third kappa shape index (κ3) is 10.8. The van der Waals surface area contributed by atoms with E-state index in [2.05, 4.69) is 455 Å². The first-order chi connectivity index (χ1) is 61.8. The molecule has 0 saturated heterocycles. The number of aromatic nitrogens is 5. The van der Waals surface area contributed by atoms with Gasteiger partial charge < -0.3 is 22.8 Å². The molecule has 0 atom stereocenters. The molecule has 0 fully saturated rings. The summed E-state index contributed by atoms with van der Waals surface area (Å²) in [5.74, 6) is 0. The molecule has 28 rings (SSSR count). The van der Waals surface area contributed by atoms with E-state index in [1.807, 2.05) is 34.0 Å². The predicted octanol–water partition coefficient (Wildman–Crippen LogP) is 33.3. The number of nitrogens with zero attached hydrogens (tertiary/aromatic N) is 5. The van der Waals surface area contributed by atoms with Crippen LogP contribution >= 0.6 is 34.0 Å². The maximum atomic E-state index is 2.49. The Hall–Kier alpha value is -15.2. The summed E-state index contributed by atoms with van der Waals surface area (Å²) in [6.45, 7) is 4.70. The molecule has 8 aromatic heterocycles. The maximum Gasteiger partial charge on any atom is 0.0719 e. The van der Waals surface area contributed by atoms with Crippen LogP contribution in [-0.4, -0.2) is 22.8 Å². The summed E-state index contributed by atoms with van der Waals surface area (Å²) in [6.07, 6.45) is 0. The Balaban J connectivity index is 0.000000100. The van der Waals surface area contributed by atoms with Crippen LogP contribution in [0.25, 0.3) is 231 Å². The summed E-state index contributed by atoms with van der Waals surface area (Å²) in [7, 11) is 0. The number of fused-ring (bicyclic) bond motifs is 30. The molecule has 0 amide bonds. The van der Waals surface area contributed by atoms with Crippen LogP contribution in [0.2, 0.25) is 0 Å². The van der Waals surface area contributed by atoms with Gasteiger partial charge in [0.1, 0.15) is 0 Å². The number of para-hydroxylation sites is 7. The minimum absolute atomic E-state index is 0.000467. The highest BCUT2D eigenvalue weighted by atomic mass is 32.1. The van der Waals surface area contributed by atoms with Crippen LogP contribution in [0.5, 0.6) is 0 Å². The van der Waals surface area contributed by atoms with Gasteiger partial charge >= 0.3 is 0 Å². The van der Waals surface area contributed by atoms with Gasteiger partial charge in [-0.1, -0.05) is 311 Å². The van der Waals surface area contributed by atoms with E-state index in [4.69, 9.17) is 0 Å². The van der Waals surface area contributed by atoms with Crippen LogP contribution in [0.15, 0.2) is 419 Å². The molecule has 27 aromatic rings. The van der Waals surface area contributed by atoms with Crippen LogP contribution in [0.3, 0.4) is 0 Å². The number of hydrogen-bond donors (Lipinski definition) is 0. The van der Waals surface area contributed by atoms with Crippen LogP contribution in [0, 0.1) is 0 Å². The van der Waals surface area contributed by atoms with Crippen LogP contribution < -0.4 is 0 Å². The lowest BCUT2D eigenvalue weighted by Gasteiger charge is -2.21. The fourth-order valence-corrected chi connectivity index (χ4v) is 24.9. The zero-order chi connectivity index (χ0) is 82.3. The minimum atomic E-state index is 0.000467. The van der Waals surface area contributed by atoms with Gasteiger partial charge in [-0.05, 0) is 166 Å². The Labute approximate surface area is 731 Å². The van der Waals surface area contributed by atoms with Gasteiger partial charge in [-0.15, -0.1) is 34.0 Å². The van der Waals surface area contributed by atoms with E-state index in [9.17, 15) is 0 Å². The minimum Gasteiger partial charge on any atom is -0.309 e. The summed E-state index contributed by atoms with van der Waals surface area (Å²) in [4.78, 5) is 0. The molecule has 125 heavy (non-hydrogen) atoms. The first-order valence-electron chi connectivity index (χ1n) is 42.9. The molecule has 0 aliphatic heterocycles. The van der Waals surface area contributed by atoms with Crippen LogP contribution in [-0.2, 0) is 5.41 Å². The Morgan fingerprint density at radius 1 is 0.192 bits per heavy atom. The molecule has 19 aromatic carbocycles. The lowest BCUT2D eigenvalue weighted by atomic mass is 9.82. The third-order valence-corrected chi connectivity index (χ3v) is 30.2. The third-order valence-electron chi connectivity index (χ3n) is 26.7. The summed E-state index contributed by atoms with van der Waals surface area (Å²) in [6, 6.07) is 153. The topological polar surface area (TPSA) is 24.6 Å². The Bertz CT molecular complexity index is 9090. The van der Waals surface area contributed by atoms with Gasteiger partial charge in [0.15, 0.2) is 0 Å². The van der Waals surface area contributed by atoms with Crippen molar-refractivity contribution in [3.8, 4) is 61.8 Å². The fraction of sp³-hybridized carbons (Fsp3) is 0.0256. The van der Waals surface area contributed by atoms with Crippen molar-refractivity contribution in [3.05, 3.63) is 430 Å². The molecular weight excluding hydrogens is 1570 g/mol. The summed E-state index contributed by atoms with van der Waals surface area (Å²) < 4.78 is 20.2. The maximum absolute atomic E-state index is 2.49. The monoisotopic (exact) mass is 1650 g/mol. The highest BCUT2D eigenvalue weighted by molar-refractivity contribution is 7.27. The number of hydrogen-bond acceptors (Lipinski definition) is 3. The van der Waals surface area contributed by atoms with Gasteiger partial charge in [0, 0.05) is 134 Å². The standard InChI is InChI=1S/C42H26N2S.C39H27NS.C36H22N2S/c1-2-13-28(14-3-1)43-37-21-8-5-18-35(37)40-30(19-11-22-38(40)43)27-12-10-15-29(26-27)44-36-20-7-4-16-31(36)33-24-25-34-32-17-6-9-23-39(32)45-42(34)41(33)44;1-39(2)32-14-6-3-12-31(32)36-26(13-9-15-33(36)39)24-18-20-25(21-19-24)40-34-16-7-4-10-27(34)29-22-23-30-28-11-5-8-17-35(28)41-38(30)37(29)40;1-5-13-31-25(9-1)26-10-2-6-14-32(26)37(31)23-17-19-24(20-18-23)38-33-15-7-3-11-27(33)29-21-22-30-28-12-4-8-16-34(28)39-36(30)35(29)38/h1-26H;3-23H,1-2H3;1-22H. The van der Waals surface area contributed by atoms with E-state index in [-0.39, 0.29) is 5.41 Å². The van der Waals surface area contributed by atoms with Gasteiger partial charge in [-0.3, -0.25) is 0 Å². The lowest BCUT2D eigenvalue weighted by molar-refractivity contribution is 0.660. The van der Waals surface area contributed by atoms with Crippen molar-refractivity contribution in [2.75, 3.05) is 0 Å². The van der Waals surface area contributed by atoms with E-state index in [1.54, 1.807) is 0 Å².